The molecule has 0 aliphatic carbocycles. The summed E-state index contributed by atoms with van der Waals surface area (Å²) in [5, 5.41) is 2.97. The van der Waals surface area contributed by atoms with Crippen molar-refractivity contribution in [2.24, 2.45) is 0 Å². The van der Waals surface area contributed by atoms with Gasteiger partial charge in [-0.25, -0.2) is 8.42 Å². The number of benzene rings is 4. The van der Waals surface area contributed by atoms with Crippen LogP contribution >= 0.6 is 0 Å². The lowest BCUT2D eigenvalue weighted by Gasteiger charge is -2.34. The molecular weight excluding hydrogens is 558 g/mol. The van der Waals surface area contributed by atoms with Crippen molar-refractivity contribution in [2.75, 3.05) is 17.4 Å². The van der Waals surface area contributed by atoms with Crippen LogP contribution in [0.2, 0.25) is 0 Å². The summed E-state index contributed by atoms with van der Waals surface area (Å²) >= 11 is 0. The van der Waals surface area contributed by atoms with Crippen molar-refractivity contribution in [1.82, 2.24) is 10.2 Å². The molecule has 1 atom stereocenters. The summed E-state index contributed by atoms with van der Waals surface area (Å²) < 4.78 is 29.3. The smallest absolute Gasteiger partial charge is 0.264 e. The van der Waals surface area contributed by atoms with Crippen LogP contribution in [-0.4, -0.2) is 44.3 Å². The number of aryl methyl sites for hydroxylation is 2. The van der Waals surface area contributed by atoms with Gasteiger partial charge in [0, 0.05) is 19.5 Å². The van der Waals surface area contributed by atoms with Crippen molar-refractivity contribution in [3.63, 3.8) is 0 Å². The minimum atomic E-state index is -4.12. The Morgan fingerprint density at radius 2 is 1.37 bits per heavy atom. The van der Waals surface area contributed by atoms with E-state index in [2.05, 4.69) is 5.32 Å². The lowest BCUT2D eigenvalue weighted by atomic mass is 10.0. The molecule has 0 aliphatic heterocycles. The first-order valence-electron chi connectivity index (χ1n) is 14.5. The summed E-state index contributed by atoms with van der Waals surface area (Å²) in [6.45, 7) is 5.90. The quantitative estimate of drug-likeness (QED) is 0.215. The van der Waals surface area contributed by atoms with E-state index < -0.39 is 28.5 Å². The highest BCUT2D eigenvalue weighted by Gasteiger charge is 2.34. The molecule has 0 fully saturated rings. The molecule has 0 aliphatic rings. The van der Waals surface area contributed by atoms with Crippen molar-refractivity contribution in [3.05, 3.63) is 131 Å². The lowest BCUT2D eigenvalue weighted by molar-refractivity contribution is -0.140. The van der Waals surface area contributed by atoms with E-state index in [1.165, 1.54) is 17.0 Å². The van der Waals surface area contributed by atoms with Gasteiger partial charge in [0.1, 0.15) is 12.6 Å². The van der Waals surface area contributed by atoms with Crippen molar-refractivity contribution in [3.8, 4) is 0 Å². The SMILES string of the molecule is CCCNC(=O)[C@@H](Cc1ccccc1)N(Cc1ccc(C)cc1)C(=O)CN(c1ccccc1C)S(=O)(=O)c1ccccc1. The summed E-state index contributed by atoms with van der Waals surface area (Å²) in [6, 6.07) is 31.6. The highest BCUT2D eigenvalue weighted by molar-refractivity contribution is 7.92. The van der Waals surface area contributed by atoms with Crippen LogP contribution in [0, 0.1) is 13.8 Å². The van der Waals surface area contributed by atoms with Gasteiger partial charge in [-0.1, -0.05) is 103 Å². The van der Waals surface area contributed by atoms with Crippen LogP contribution in [-0.2, 0) is 32.6 Å². The van der Waals surface area contributed by atoms with E-state index >= 15 is 0 Å². The zero-order chi connectivity index (χ0) is 30.8. The van der Waals surface area contributed by atoms with E-state index in [1.807, 2.05) is 87.5 Å². The van der Waals surface area contributed by atoms with Gasteiger partial charge in [0.25, 0.3) is 10.0 Å². The topological polar surface area (TPSA) is 86.8 Å². The Kier molecular flexibility index (Phi) is 10.7. The molecule has 224 valence electrons. The van der Waals surface area contributed by atoms with Gasteiger partial charge >= 0.3 is 0 Å². The molecule has 43 heavy (non-hydrogen) atoms. The van der Waals surface area contributed by atoms with Gasteiger partial charge in [0.15, 0.2) is 0 Å². The van der Waals surface area contributed by atoms with Crippen LogP contribution in [0.4, 0.5) is 5.69 Å². The number of para-hydroxylation sites is 1. The van der Waals surface area contributed by atoms with Crippen LogP contribution in [0.1, 0.15) is 35.6 Å². The van der Waals surface area contributed by atoms with Crippen LogP contribution in [0.5, 0.6) is 0 Å². The second-order valence-electron chi connectivity index (χ2n) is 10.6. The average molecular weight is 598 g/mol. The maximum atomic E-state index is 14.4. The number of nitrogens with zero attached hydrogens (tertiary/aromatic N) is 2. The van der Waals surface area contributed by atoms with Gasteiger partial charge in [-0.2, -0.15) is 0 Å². The van der Waals surface area contributed by atoms with Gasteiger partial charge in [-0.3, -0.25) is 13.9 Å². The van der Waals surface area contributed by atoms with Gasteiger partial charge in [-0.15, -0.1) is 0 Å². The molecule has 0 radical (unpaired) electrons. The largest absolute Gasteiger partial charge is 0.354 e. The number of nitrogens with one attached hydrogen (secondary N) is 1. The Bertz CT molecular complexity index is 1610. The minimum absolute atomic E-state index is 0.0812. The molecule has 0 heterocycles. The zero-order valence-electron chi connectivity index (χ0n) is 24.9. The lowest BCUT2D eigenvalue weighted by Crippen LogP contribution is -2.53. The number of hydrogen-bond acceptors (Lipinski definition) is 4. The van der Waals surface area contributed by atoms with E-state index in [-0.39, 0.29) is 23.8 Å². The molecule has 0 saturated heterocycles. The fourth-order valence-electron chi connectivity index (χ4n) is 4.89. The molecule has 0 unspecified atom stereocenters. The second-order valence-corrected chi connectivity index (χ2v) is 12.5. The molecule has 0 spiro atoms. The van der Waals surface area contributed by atoms with Crippen molar-refractivity contribution < 1.29 is 18.0 Å². The van der Waals surface area contributed by atoms with Gasteiger partial charge < -0.3 is 10.2 Å². The Morgan fingerprint density at radius 3 is 2.00 bits per heavy atom. The maximum Gasteiger partial charge on any atom is 0.264 e. The first-order valence-corrected chi connectivity index (χ1v) is 15.9. The van der Waals surface area contributed by atoms with E-state index in [4.69, 9.17) is 0 Å². The van der Waals surface area contributed by atoms with Crippen LogP contribution < -0.4 is 9.62 Å². The third-order valence-corrected chi connectivity index (χ3v) is 9.06. The fourth-order valence-corrected chi connectivity index (χ4v) is 6.39. The predicted molar refractivity (Wildman–Crippen MR) is 171 cm³/mol. The summed E-state index contributed by atoms with van der Waals surface area (Å²) in [5.41, 5.74) is 3.93. The molecule has 1 N–H and O–H groups in total. The Labute approximate surface area is 255 Å². The number of anilines is 1. The average Bonchev–Trinajstić information content (AvgIpc) is 3.02. The molecule has 2 amide bonds. The summed E-state index contributed by atoms with van der Waals surface area (Å²) in [5.74, 6) is -0.754. The van der Waals surface area contributed by atoms with Gasteiger partial charge in [-0.05, 0) is 55.2 Å². The summed E-state index contributed by atoms with van der Waals surface area (Å²) in [4.78, 5) is 29.7. The number of rotatable bonds is 13. The summed E-state index contributed by atoms with van der Waals surface area (Å²) in [6.07, 6.45) is 1.02. The van der Waals surface area contributed by atoms with E-state index in [9.17, 15) is 18.0 Å². The zero-order valence-corrected chi connectivity index (χ0v) is 25.8. The second kappa shape index (κ2) is 14.6. The molecule has 7 nitrogen and oxygen atoms in total. The molecular formula is C35H39N3O4S. The Balaban J connectivity index is 1.79. The van der Waals surface area contributed by atoms with Crippen LogP contribution in [0.15, 0.2) is 114 Å². The molecule has 0 aromatic heterocycles. The third-order valence-electron chi connectivity index (χ3n) is 7.29. The predicted octanol–water partition coefficient (Wildman–Crippen LogP) is 5.67. The van der Waals surface area contributed by atoms with E-state index in [0.29, 0.717) is 17.8 Å². The van der Waals surface area contributed by atoms with Crippen molar-refractivity contribution >= 4 is 27.5 Å². The van der Waals surface area contributed by atoms with Gasteiger partial charge in [0.2, 0.25) is 11.8 Å². The van der Waals surface area contributed by atoms with Crippen LogP contribution in [0.25, 0.3) is 0 Å². The monoisotopic (exact) mass is 597 g/mol. The van der Waals surface area contributed by atoms with E-state index in [0.717, 1.165) is 27.4 Å². The molecule has 0 bridgehead atoms. The third kappa shape index (κ3) is 8.11. The standard InChI is InChI=1S/C35H39N3O4S/c1-4-23-36-35(40)33(24-29-14-7-5-8-15-29)37(25-30-21-19-27(2)20-22-30)34(39)26-38(32-18-12-11-13-28(32)3)43(41,42)31-16-9-6-10-17-31/h5-22,33H,4,23-26H2,1-3H3,(H,36,40)/t33-/m1/s1. The first kappa shape index (κ1) is 31.5. The van der Waals surface area contributed by atoms with Crippen LogP contribution in [0.3, 0.4) is 0 Å². The minimum Gasteiger partial charge on any atom is -0.354 e. The van der Waals surface area contributed by atoms with Crippen molar-refractivity contribution in [2.45, 2.75) is 51.1 Å². The Hall–Kier alpha value is -4.43. The molecule has 4 rings (SSSR count). The van der Waals surface area contributed by atoms with Crippen molar-refractivity contribution in [1.29, 1.82) is 0 Å². The number of carbonyl (C=O) groups is 2. The fraction of sp³-hybridized carbons (Fsp3) is 0.257. The molecule has 4 aromatic rings. The maximum absolute atomic E-state index is 14.4. The normalized spacial score (nSPS) is 11.9. The number of carbonyl (C=O) groups excluding carboxylic acids is 2. The number of hydrogen-bond donors (Lipinski definition) is 1. The highest BCUT2D eigenvalue weighted by Crippen LogP contribution is 2.27. The number of sulfonamides is 1. The summed E-state index contributed by atoms with van der Waals surface area (Å²) in [7, 11) is -4.12. The molecule has 0 saturated carbocycles. The first-order chi connectivity index (χ1) is 20.7. The van der Waals surface area contributed by atoms with Gasteiger partial charge in [0.05, 0.1) is 10.6 Å². The van der Waals surface area contributed by atoms with E-state index in [1.54, 1.807) is 30.3 Å². The molecule has 4 aromatic carbocycles. The highest BCUT2D eigenvalue weighted by atomic mass is 32.2. The Morgan fingerprint density at radius 1 is 0.767 bits per heavy atom. The number of amides is 2. The molecule has 8 heteroatoms.